The van der Waals surface area contributed by atoms with E-state index in [1.54, 1.807) is 20.0 Å². The van der Waals surface area contributed by atoms with Gasteiger partial charge in [0.15, 0.2) is 0 Å². The first kappa shape index (κ1) is 12.8. The smallest absolute Gasteiger partial charge is 0.0543 e. The molecule has 0 aromatic rings. The van der Waals surface area contributed by atoms with E-state index in [0.29, 0.717) is 0 Å². The minimum atomic E-state index is -1.12. The van der Waals surface area contributed by atoms with Gasteiger partial charge in [-0.05, 0) is 0 Å². The van der Waals surface area contributed by atoms with E-state index in [0.717, 1.165) is 0 Å². The molecule has 0 saturated carbocycles. The van der Waals surface area contributed by atoms with Gasteiger partial charge in [-0.25, -0.2) is 0 Å². The first-order valence-corrected chi connectivity index (χ1v) is 4.02. The molecular weight excluding hydrogens is 255 g/mol. The van der Waals surface area contributed by atoms with E-state index in [4.69, 9.17) is 7.67 Å². The average molecular weight is 289 g/mol. The van der Waals surface area contributed by atoms with E-state index in [2.05, 4.69) is 0 Å². The average Bonchev–Trinajstić information content (AvgIpc) is 1.54. The molecule has 0 aromatic carbocycles. The first-order valence-electron chi connectivity index (χ1n) is 4.02. The van der Waals surface area contributed by atoms with Gasteiger partial charge in [-0.3, -0.25) is 0 Å². The van der Waals surface area contributed by atoms with E-state index in [-0.39, 0.29) is 46.8 Å². The third kappa shape index (κ3) is 130. The molecule has 0 radical (unpaired) electrons. The largest absolute Gasteiger partial charge is 0.197 e. The van der Waals surface area contributed by atoms with Crippen molar-refractivity contribution < 1.29 is 0 Å². The van der Waals surface area contributed by atoms with Crippen molar-refractivity contribution in [3.05, 3.63) is 0 Å². The highest BCUT2D eigenvalue weighted by molar-refractivity contribution is 7.59. The fourth-order valence-corrected chi connectivity index (χ4v) is 0. The number of hydrogen-bond donors (Lipinski definition) is 0. The molecule has 0 bridgehead atoms. The van der Waals surface area contributed by atoms with Crippen LogP contribution in [-0.4, -0.2) is 27.7 Å². The van der Waals surface area contributed by atoms with Gasteiger partial charge in [0.2, 0.25) is 0 Å². The van der Waals surface area contributed by atoms with Crippen molar-refractivity contribution in [1.29, 1.82) is 7.67 Å². The molecule has 0 saturated heterocycles. The first-order chi connectivity index (χ1) is 5.20. The predicted molar refractivity (Wildman–Crippen MR) is 89.9 cm³/mol. The Morgan fingerprint density at radius 1 is 1.00 bits per heavy atom. The molecule has 5 unspecified atom stereocenters. The van der Waals surface area contributed by atoms with Crippen molar-refractivity contribution in [3.63, 3.8) is 0 Å². The maximum Gasteiger partial charge on any atom is 0.0543 e. The van der Waals surface area contributed by atoms with Gasteiger partial charge in [-0.1, -0.05) is 20.0 Å². The molecule has 74 valence electrons. The van der Waals surface area contributed by atoms with Gasteiger partial charge in [0.05, 0.1) is 7.67 Å². The number of rotatable bonds is 0. The number of hydrogen-bond acceptors (Lipinski definition) is 0. The highest BCUT2D eigenvalue weighted by Crippen LogP contribution is 1.47. The van der Waals surface area contributed by atoms with E-state index < -0.39 is 27.4 Å². The Morgan fingerprint density at radius 2 is 1.00 bits per heavy atom. The van der Waals surface area contributed by atoms with Crippen LogP contribution >= 0.6 is 74.2 Å². The van der Waals surface area contributed by atoms with Crippen LogP contribution in [0.1, 0.15) is 0 Å². The van der Waals surface area contributed by atoms with E-state index in [1.165, 1.54) is 0 Å². The molecule has 0 aromatic heterocycles. The lowest BCUT2D eigenvalue weighted by Crippen LogP contribution is -0.804. The summed E-state index contributed by atoms with van der Waals surface area (Å²) in [5.74, 6) is 0. The Kier molecular flexibility index (Phi) is 221. The predicted octanol–water partition coefficient (Wildman–Crippen LogP) is 1.82. The van der Waals surface area contributed by atoms with Gasteiger partial charge in [0.1, 0.15) is 0 Å². The van der Waals surface area contributed by atoms with E-state index in [1.807, 2.05) is 0 Å². The second kappa shape index (κ2) is 172. The van der Waals surface area contributed by atoms with Gasteiger partial charge in [-0.15, -0.1) is 27.4 Å². The third-order valence-electron chi connectivity index (χ3n) is 0. The summed E-state index contributed by atoms with van der Waals surface area (Å²) in [5.41, 5.74) is 0. The summed E-state index contributed by atoms with van der Waals surface area (Å²) < 4.78 is 37.9. The highest BCUT2D eigenvalue weighted by Gasteiger charge is 0.910. The van der Waals surface area contributed by atoms with Gasteiger partial charge >= 0.3 is 0 Å². The molecule has 5 atom stereocenters. The fraction of sp³-hybridized carbons (Fsp3) is 1.00. The second-order valence-corrected chi connectivity index (χ2v) is 0. The molecule has 0 aliphatic rings. The third-order valence-corrected chi connectivity index (χ3v) is 0. The molecule has 7 heteroatoms. The zero-order chi connectivity index (χ0) is 10.7. The van der Waals surface area contributed by atoms with E-state index >= 15 is 0 Å². The Hall–Kier alpha value is 2.85. The molecule has 0 spiro atoms. The molecule has 0 heterocycles. The summed E-state index contributed by atoms with van der Waals surface area (Å²) in [5, 5.41) is 0. The lowest BCUT2D eigenvalue weighted by atomic mass is 12.0. The summed E-state index contributed by atoms with van der Waals surface area (Å²) in [6.45, 7) is 4.69. The summed E-state index contributed by atoms with van der Waals surface area (Å²) in [6, 6.07) is 0. The van der Waals surface area contributed by atoms with Crippen molar-refractivity contribution in [2.24, 2.45) is 0 Å². The molecular formula is C3H25P5S2. The van der Waals surface area contributed by atoms with Crippen molar-refractivity contribution in [3.8, 4) is 0 Å². The van der Waals surface area contributed by atoms with Crippen LogP contribution in [0.4, 0.5) is 0 Å². The topological polar surface area (TPSA) is 0 Å². The second-order valence-electron chi connectivity index (χ2n) is 0. The van der Waals surface area contributed by atoms with Crippen LogP contribution in [0.25, 0.3) is 0 Å². The van der Waals surface area contributed by atoms with Crippen LogP contribution < -0.4 is 0 Å². The van der Waals surface area contributed by atoms with Crippen LogP contribution in [0.3, 0.4) is 0 Å². The summed E-state index contributed by atoms with van der Waals surface area (Å²) in [6.07, 6.45) is 0. The Bertz CT molecular complexity index is 58.7. The van der Waals surface area contributed by atoms with Crippen LogP contribution in [0.15, 0.2) is 0 Å². The lowest BCUT2D eigenvalue weighted by Gasteiger charge is -1.10. The highest BCUT2D eigenvalue weighted by atomic mass is 32.1. The molecule has 0 rings (SSSR count). The Labute approximate surface area is 102 Å². The lowest BCUT2D eigenvalue weighted by molar-refractivity contribution is 2.52. The summed E-state index contributed by atoms with van der Waals surface area (Å²) in [7, 11) is -3.36. The Balaban J connectivity index is -0.0000000135. The monoisotopic (exact) mass is 289 g/mol. The standard InChI is InChI=1S/3CH5P.2H3P.2H2S/c3*1-2;;;;/h3*2H2,1H3;2*1H3;2*1H2/i3*2TD;;;;. The quantitative estimate of drug-likeness (QED) is 0.597. The molecule has 0 aliphatic carbocycles. The van der Waals surface area contributed by atoms with Gasteiger partial charge in [-0.2, -0.15) is 46.8 Å². The molecule has 0 aliphatic heterocycles. The maximum absolute atomic E-state index is 6.31. The van der Waals surface area contributed by atoms with Gasteiger partial charge in [0, 0.05) is 0 Å². The summed E-state index contributed by atoms with van der Waals surface area (Å²) >= 11 is 0. The molecule has 10 heavy (non-hydrogen) atoms. The Morgan fingerprint density at radius 3 is 1.00 bits per heavy atom. The minimum Gasteiger partial charge on any atom is -0.197 e. The fourth-order valence-electron chi connectivity index (χ4n) is 0. The van der Waals surface area contributed by atoms with Crippen LogP contribution in [0.2, 0.25) is 0 Å². The SMILES string of the molecule is P.P.S.S.[2H]P([3H])C.[2H]P([3H])C.[2H]P([3H])C. The minimum absolute atomic E-state index is 0. The van der Waals surface area contributed by atoms with Crippen molar-refractivity contribution >= 4 is 74.2 Å². The van der Waals surface area contributed by atoms with Crippen LogP contribution in [0.5, 0.6) is 0 Å². The normalized spacial score (nSPS) is 19.5. The zero-order valence-corrected chi connectivity index (χ0v) is 14.3. The molecule has 0 nitrogen and oxygen atoms in total. The van der Waals surface area contributed by atoms with Crippen LogP contribution in [0, 0.1) is 0 Å². The van der Waals surface area contributed by atoms with E-state index in [9.17, 15) is 0 Å². The van der Waals surface area contributed by atoms with Gasteiger partial charge < -0.3 is 0 Å². The van der Waals surface area contributed by atoms with Crippen LogP contribution in [-0.2, 0) is 0 Å². The van der Waals surface area contributed by atoms with Gasteiger partial charge in [0.25, 0.3) is 0 Å². The van der Waals surface area contributed by atoms with Crippen molar-refractivity contribution in [1.82, 2.24) is 0 Å². The molecule has 0 amide bonds. The van der Waals surface area contributed by atoms with Crippen molar-refractivity contribution in [2.75, 3.05) is 20.0 Å². The van der Waals surface area contributed by atoms with Crippen molar-refractivity contribution in [2.45, 2.75) is 0 Å². The molecule has 0 N–H and O–H groups in total. The zero-order valence-electron chi connectivity index (χ0n) is 12.8. The molecule has 0 fully saturated rings. The summed E-state index contributed by atoms with van der Waals surface area (Å²) in [4.78, 5) is 0. The maximum atomic E-state index is 6.31.